The fourth-order valence-corrected chi connectivity index (χ4v) is 2.39. The van der Waals surface area contributed by atoms with Crippen LogP contribution in [-0.4, -0.2) is 26.1 Å². The molecule has 1 amide bonds. The minimum Gasteiger partial charge on any atom is -0.319 e. The van der Waals surface area contributed by atoms with E-state index in [2.05, 4.69) is 20.8 Å². The number of nitrogens with zero attached hydrogens (tertiary/aromatic N) is 4. The van der Waals surface area contributed by atoms with Crippen LogP contribution in [0.4, 0.5) is 14.5 Å². The van der Waals surface area contributed by atoms with Crippen LogP contribution < -0.4 is 5.32 Å². The zero-order valence-corrected chi connectivity index (χ0v) is 13.2. The lowest BCUT2D eigenvalue weighted by atomic mass is 10.2. The maximum atomic E-state index is 13.9. The Balaban J connectivity index is 1.92. The van der Waals surface area contributed by atoms with Gasteiger partial charge in [-0.15, -0.1) is 5.10 Å². The van der Waals surface area contributed by atoms with Gasteiger partial charge >= 0.3 is 0 Å². The number of tetrazole rings is 1. The van der Waals surface area contributed by atoms with Crippen molar-refractivity contribution in [2.45, 2.75) is 0 Å². The van der Waals surface area contributed by atoms with Gasteiger partial charge in [0, 0.05) is 0 Å². The summed E-state index contributed by atoms with van der Waals surface area (Å²) >= 11 is 11.5. The molecule has 0 aliphatic rings. The lowest BCUT2D eigenvalue weighted by Crippen LogP contribution is -2.14. The van der Waals surface area contributed by atoms with Gasteiger partial charge in [-0.05, 0) is 40.8 Å². The number of halogens is 4. The summed E-state index contributed by atoms with van der Waals surface area (Å²) in [6.45, 7) is 0. The van der Waals surface area contributed by atoms with E-state index in [4.69, 9.17) is 23.2 Å². The fourth-order valence-electron chi connectivity index (χ4n) is 1.92. The third-order valence-corrected chi connectivity index (χ3v) is 3.67. The monoisotopic (exact) mass is 369 g/mol. The van der Waals surface area contributed by atoms with Crippen molar-refractivity contribution >= 4 is 34.8 Å². The number of carbonyl (C=O) groups is 1. The molecule has 10 heteroatoms. The first-order valence-electron chi connectivity index (χ1n) is 6.44. The van der Waals surface area contributed by atoms with Crippen LogP contribution in [0.2, 0.25) is 10.0 Å². The second-order valence-corrected chi connectivity index (χ2v) is 5.43. The molecule has 0 bridgehead atoms. The van der Waals surface area contributed by atoms with Crippen LogP contribution in [0, 0.1) is 11.6 Å². The minimum absolute atomic E-state index is 0.0593. The Morgan fingerprint density at radius 1 is 1.08 bits per heavy atom. The molecule has 0 spiro atoms. The van der Waals surface area contributed by atoms with Crippen molar-refractivity contribution in [2.24, 2.45) is 0 Å². The van der Waals surface area contributed by atoms with Gasteiger partial charge in [-0.25, -0.2) is 13.5 Å². The SMILES string of the molecule is O=C(Nc1cc(-n2cnnn2)ccc1F)c1cc(F)c(Cl)cc1Cl. The lowest BCUT2D eigenvalue weighted by Gasteiger charge is -2.10. The molecule has 2 aromatic carbocycles. The summed E-state index contributed by atoms with van der Waals surface area (Å²) in [6, 6.07) is 5.86. The van der Waals surface area contributed by atoms with E-state index in [-0.39, 0.29) is 21.3 Å². The second-order valence-electron chi connectivity index (χ2n) is 4.62. The molecule has 0 fully saturated rings. The summed E-state index contributed by atoms with van der Waals surface area (Å²) in [5, 5.41) is 12.6. The van der Waals surface area contributed by atoms with E-state index in [9.17, 15) is 13.6 Å². The van der Waals surface area contributed by atoms with Crippen LogP contribution in [0.1, 0.15) is 10.4 Å². The molecule has 3 aromatic rings. The fraction of sp³-hybridized carbons (Fsp3) is 0. The van der Waals surface area contributed by atoms with E-state index in [0.29, 0.717) is 5.69 Å². The van der Waals surface area contributed by atoms with E-state index in [1.807, 2.05) is 0 Å². The molecule has 0 aliphatic heterocycles. The van der Waals surface area contributed by atoms with E-state index in [1.54, 1.807) is 0 Å². The van der Waals surface area contributed by atoms with Gasteiger partial charge in [-0.1, -0.05) is 23.2 Å². The van der Waals surface area contributed by atoms with Crippen molar-refractivity contribution in [1.29, 1.82) is 0 Å². The Morgan fingerprint density at radius 3 is 2.58 bits per heavy atom. The lowest BCUT2D eigenvalue weighted by molar-refractivity contribution is 0.102. The summed E-state index contributed by atoms with van der Waals surface area (Å²) < 4.78 is 28.7. The van der Waals surface area contributed by atoms with E-state index in [0.717, 1.165) is 18.2 Å². The molecule has 1 aromatic heterocycles. The van der Waals surface area contributed by atoms with Crippen LogP contribution in [0.3, 0.4) is 0 Å². The molecule has 0 radical (unpaired) electrons. The Hall–Kier alpha value is -2.58. The minimum atomic E-state index is -0.811. The maximum Gasteiger partial charge on any atom is 0.257 e. The van der Waals surface area contributed by atoms with Crippen molar-refractivity contribution in [3.05, 3.63) is 63.9 Å². The van der Waals surface area contributed by atoms with Gasteiger partial charge in [0.25, 0.3) is 5.91 Å². The summed E-state index contributed by atoms with van der Waals surface area (Å²) in [6.07, 6.45) is 1.31. The molecule has 1 heterocycles. The van der Waals surface area contributed by atoms with Gasteiger partial charge < -0.3 is 5.32 Å². The molecular weight excluding hydrogens is 363 g/mol. The molecule has 122 valence electrons. The Kier molecular flexibility index (Phi) is 4.41. The molecule has 0 saturated heterocycles. The smallest absolute Gasteiger partial charge is 0.257 e. The number of rotatable bonds is 3. The topological polar surface area (TPSA) is 72.7 Å². The number of hydrogen-bond donors (Lipinski definition) is 1. The molecule has 1 N–H and O–H groups in total. The number of anilines is 1. The molecule has 6 nitrogen and oxygen atoms in total. The van der Waals surface area contributed by atoms with Crippen molar-refractivity contribution < 1.29 is 13.6 Å². The van der Waals surface area contributed by atoms with Gasteiger partial charge in [0.1, 0.15) is 18.0 Å². The van der Waals surface area contributed by atoms with Crippen molar-refractivity contribution in [3.8, 4) is 5.69 Å². The first-order chi connectivity index (χ1) is 11.5. The van der Waals surface area contributed by atoms with Crippen LogP contribution in [-0.2, 0) is 0 Å². The average Bonchev–Trinajstić information content (AvgIpc) is 3.07. The van der Waals surface area contributed by atoms with Crippen LogP contribution in [0.15, 0.2) is 36.7 Å². The highest BCUT2D eigenvalue weighted by Crippen LogP contribution is 2.26. The summed E-state index contributed by atoms with van der Waals surface area (Å²) in [7, 11) is 0. The number of aromatic nitrogens is 4. The summed E-state index contributed by atoms with van der Waals surface area (Å²) in [4.78, 5) is 12.2. The van der Waals surface area contributed by atoms with Crippen molar-refractivity contribution in [1.82, 2.24) is 20.2 Å². The molecule has 24 heavy (non-hydrogen) atoms. The highest BCUT2D eigenvalue weighted by atomic mass is 35.5. The second kappa shape index (κ2) is 6.50. The van der Waals surface area contributed by atoms with E-state index >= 15 is 0 Å². The molecule has 0 unspecified atom stereocenters. The molecule has 0 saturated carbocycles. The third kappa shape index (κ3) is 3.19. The number of nitrogens with one attached hydrogen (secondary N) is 1. The normalized spacial score (nSPS) is 10.7. The zero-order valence-electron chi connectivity index (χ0n) is 11.7. The van der Waals surface area contributed by atoms with Crippen molar-refractivity contribution in [2.75, 3.05) is 5.32 Å². The summed E-state index contributed by atoms with van der Waals surface area (Å²) in [5.41, 5.74) is 0.107. The van der Waals surface area contributed by atoms with E-state index < -0.39 is 17.5 Å². The third-order valence-electron chi connectivity index (χ3n) is 3.07. The first-order valence-corrected chi connectivity index (χ1v) is 7.20. The van der Waals surface area contributed by atoms with Crippen LogP contribution in [0.25, 0.3) is 5.69 Å². The van der Waals surface area contributed by atoms with Gasteiger partial charge in [0.05, 0.1) is 27.0 Å². The Morgan fingerprint density at radius 2 is 1.88 bits per heavy atom. The highest BCUT2D eigenvalue weighted by molar-refractivity contribution is 6.37. The maximum absolute atomic E-state index is 13.9. The van der Waals surface area contributed by atoms with Crippen LogP contribution >= 0.6 is 23.2 Å². The van der Waals surface area contributed by atoms with Gasteiger partial charge in [0.2, 0.25) is 0 Å². The zero-order chi connectivity index (χ0) is 17.3. The molecule has 0 aliphatic carbocycles. The van der Waals surface area contributed by atoms with E-state index in [1.165, 1.54) is 23.1 Å². The number of hydrogen-bond acceptors (Lipinski definition) is 4. The van der Waals surface area contributed by atoms with Gasteiger partial charge in [0.15, 0.2) is 0 Å². The Bertz CT molecular complexity index is 918. The molecule has 3 rings (SSSR count). The van der Waals surface area contributed by atoms with Gasteiger partial charge in [-0.2, -0.15) is 0 Å². The first kappa shape index (κ1) is 16.3. The number of amides is 1. The predicted octanol–water partition coefficient (Wildman–Crippen LogP) is 3.50. The standard InChI is InChI=1S/C14H7Cl2F2N5O/c15-9-5-10(16)12(18)4-8(9)14(24)20-13-3-7(1-2-11(13)17)23-6-19-21-22-23/h1-6H,(H,20,24). The predicted molar refractivity (Wildman–Crippen MR) is 83.5 cm³/mol. The number of carbonyl (C=O) groups excluding carboxylic acids is 1. The molecular formula is C14H7Cl2F2N5O. The largest absolute Gasteiger partial charge is 0.319 e. The Labute approximate surface area is 144 Å². The highest BCUT2D eigenvalue weighted by Gasteiger charge is 2.16. The average molecular weight is 370 g/mol. The quantitative estimate of drug-likeness (QED) is 0.717. The van der Waals surface area contributed by atoms with Crippen molar-refractivity contribution in [3.63, 3.8) is 0 Å². The van der Waals surface area contributed by atoms with Gasteiger partial charge in [-0.3, -0.25) is 4.79 Å². The summed E-state index contributed by atoms with van der Waals surface area (Å²) in [5.74, 6) is -2.29. The number of benzene rings is 2. The molecule has 0 atom stereocenters. The van der Waals surface area contributed by atoms with Crippen LogP contribution in [0.5, 0.6) is 0 Å².